The summed E-state index contributed by atoms with van der Waals surface area (Å²) in [6.45, 7) is 6.49. The molecule has 3 nitrogen and oxygen atoms in total. The first kappa shape index (κ1) is 16.5. The van der Waals surface area contributed by atoms with Crippen LogP contribution in [0.3, 0.4) is 0 Å². The molecule has 0 atom stereocenters. The molecule has 0 unspecified atom stereocenters. The lowest BCUT2D eigenvalue weighted by atomic mass is 10.1. The van der Waals surface area contributed by atoms with Gasteiger partial charge in [-0.05, 0) is 47.2 Å². The molecule has 3 rings (SSSR count). The molecule has 0 bridgehead atoms. The molecule has 1 heterocycles. The first-order valence-electron chi connectivity index (χ1n) is 7.95. The van der Waals surface area contributed by atoms with E-state index < -0.39 is 0 Å². The maximum Gasteiger partial charge on any atom is 0.255 e. The highest BCUT2D eigenvalue weighted by atomic mass is 127. The lowest BCUT2D eigenvalue weighted by Gasteiger charge is -2.35. The average Bonchev–Trinajstić information content (AvgIpc) is 2.56. The van der Waals surface area contributed by atoms with Gasteiger partial charge in [-0.1, -0.05) is 42.0 Å². The third-order valence-corrected chi connectivity index (χ3v) is 5.16. The third-order valence-electron chi connectivity index (χ3n) is 4.26. The molecule has 0 spiro atoms. The number of piperazine rings is 1. The minimum atomic E-state index is 0.161. The average molecular weight is 420 g/mol. The molecule has 0 aromatic heterocycles. The van der Waals surface area contributed by atoms with Crippen LogP contribution in [0.4, 0.5) is 0 Å². The smallest absolute Gasteiger partial charge is 0.255 e. The van der Waals surface area contributed by atoms with E-state index in [2.05, 4.69) is 64.7 Å². The second kappa shape index (κ2) is 7.45. The molecule has 4 heteroatoms. The summed E-state index contributed by atoms with van der Waals surface area (Å²) in [5, 5.41) is 0. The molecule has 0 radical (unpaired) electrons. The van der Waals surface area contributed by atoms with E-state index in [1.165, 1.54) is 11.1 Å². The predicted molar refractivity (Wildman–Crippen MR) is 102 cm³/mol. The van der Waals surface area contributed by atoms with Crippen molar-refractivity contribution in [3.05, 3.63) is 68.8 Å². The fraction of sp³-hybridized carbons (Fsp3) is 0.316. The maximum absolute atomic E-state index is 12.7. The Kier molecular flexibility index (Phi) is 5.33. The molecule has 1 fully saturated rings. The minimum Gasteiger partial charge on any atom is -0.336 e. The Labute approximate surface area is 151 Å². The minimum absolute atomic E-state index is 0.161. The third kappa shape index (κ3) is 4.12. The number of amides is 1. The number of nitrogens with zero attached hydrogens (tertiary/aromatic N) is 2. The van der Waals surface area contributed by atoms with Crippen LogP contribution in [0.1, 0.15) is 21.5 Å². The Morgan fingerprint density at radius 2 is 1.74 bits per heavy atom. The molecule has 2 aromatic rings. The summed E-state index contributed by atoms with van der Waals surface area (Å²) in [7, 11) is 0. The van der Waals surface area contributed by atoms with E-state index in [1.807, 2.05) is 23.1 Å². The van der Waals surface area contributed by atoms with Gasteiger partial charge in [-0.3, -0.25) is 9.69 Å². The number of carbonyl (C=O) groups excluding carboxylic acids is 1. The molecule has 0 N–H and O–H groups in total. The van der Waals surface area contributed by atoms with Crippen LogP contribution in [0, 0.1) is 10.5 Å². The topological polar surface area (TPSA) is 23.6 Å². The summed E-state index contributed by atoms with van der Waals surface area (Å²) in [5.74, 6) is 0.161. The van der Waals surface area contributed by atoms with Crippen LogP contribution in [0.25, 0.3) is 0 Å². The molecule has 2 aromatic carbocycles. The molecule has 0 saturated carbocycles. The van der Waals surface area contributed by atoms with Crippen LogP contribution >= 0.6 is 22.6 Å². The van der Waals surface area contributed by atoms with Crippen LogP contribution in [-0.2, 0) is 6.54 Å². The van der Waals surface area contributed by atoms with Gasteiger partial charge in [0.25, 0.3) is 5.91 Å². The largest absolute Gasteiger partial charge is 0.336 e. The van der Waals surface area contributed by atoms with E-state index in [-0.39, 0.29) is 5.91 Å². The lowest BCUT2D eigenvalue weighted by molar-refractivity contribution is 0.0627. The van der Waals surface area contributed by atoms with Gasteiger partial charge in [0.05, 0.1) is 5.56 Å². The van der Waals surface area contributed by atoms with Gasteiger partial charge in [-0.15, -0.1) is 0 Å². The van der Waals surface area contributed by atoms with Crippen molar-refractivity contribution in [2.24, 2.45) is 0 Å². The Morgan fingerprint density at radius 1 is 1.04 bits per heavy atom. The van der Waals surface area contributed by atoms with Crippen molar-refractivity contribution in [3.8, 4) is 0 Å². The molecule has 0 aliphatic carbocycles. The molecule has 1 saturated heterocycles. The van der Waals surface area contributed by atoms with Gasteiger partial charge in [0.1, 0.15) is 0 Å². The summed E-state index contributed by atoms with van der Waals surface area (Å²) in [5.41, 5.74) is 3.35. The van der Waals surface area contributed by atoms with Crippen LogP contribution in [-0.4, -0.2) is 41.9 Å². The number of hydrogen-bond donors (Lipinski definition) is 0. The Morgan fingerprint density at radius 3 is 2.39 bits per heavy atom. The van der Waals surface area contributed by atoms with Crippen LogP contribution in [0.2, 0.25) is 0 Å². The van der Waals surface area contributed by atoms with Gasteiger partial charge in [0.15, 0.2) is 0 Å². The number of aryl methyl sites for hydroxylation is 1. The number of hydrogen-bond acceptors (Lipinski definition) is 2. The van der Waals surface area contributed by atoms with Gasteiger partial charge in [0.2, 0.25) is 0 Å². The SMILES string of the molecule is Cc1ccc(C(=O)N2CCN(Cc3ccccc3)CC2)c(I)c1. The normalized spacial score (nSPS) is 15.7. The van der Waals surface area contributed by atoms with E-state index in [4.69, 9.17) is 0 Å². The highest BCUT2D eigenvalue weighted by molar-refractivity contribution is 14.1. The van der Waals surface area contributed by atoms with Gasteiger partial charge >= 0.3 is 0 Å². The predicted octanol–water partition coefficient (Wildman–Crippen LogP) is 3.56. The molecule has 23 heavy (non-hydrogen) atoms. The Hall–Kier alpha value is -1.40. The summed E-state index contributed by atoms with van der Waals surface area (Å²) in [4.78, 5) is 17.1. The molecule has 1 amide bonds. The van der Waals surface area contributed by atoms with Crippen molar-refractivity contribution in [1.82, 2.24) is 9.80 Å². The standard InChI is InChI=1S/C19H21IN2O/c1-15-7-8-17(18(20)13-15)19(23)22-11-9-21(10-12-22)14-16-5-3-2-4-6-16/h2-8,13H,9-12,14H2,1H3. The van der Waals surface area contributed by atoms with E-state index in [0.29, 0.717) is 0 Å². The zero-order chi connectivity index (χ0) is 16.2. The van der Waals surface area contributed by atoms with E-state index in [9.17, 15) is 4.79 Å². The highest BCUT2D eigenvalue weighted by Gasteiger charge is 2.23. The number of rotatable bonds is 3. The first-order valence-corrected chi connectivity index (χ1v) is 9.03. The summed E-state index contributed by atoms with van der Waals surface area (Å²) < 4.78 is 1.04. The summed E-state index contributed by atoms with van der Waals surface area (Å²) in [6.07, 6.45) is 0. The lowest BCUT2D eigenvalue weighted by Crippen LogP contribution is -2.48. The van der Waals surface area contributed by atoms with Crippen molar-refractivity contribution in [2.75, 3.05) is 26.2 Å². The number of halogens is 1. The van der Waals surface area contributed by atoms with Gasteiger partial charge in [-0.25, -0.2) is 0 Å². The van der Waals surface area contributed by atoms with Gasteiger partial charge < -0.3 is 4.90 Å². The monoisotopic (exact) mass is 420 g/mol. The maximum atomic E-state index is 12.7. The number of benzene rings is 2. The molecule has 120 valence electrons. The summed E-state index contributed by atoms with van der Waals surface area (Å²) >= 11 is 2.26. The van der Waals surface area contributed by atoms with Crippen LogP contribution in [0.5, 0.6) is 0 Å². The van der Waals surface area contributed by atoms with Crippen LogP contribution in [0.15, 0.2) is 48.5 Å². The first-order chi connectivity index (χ1) is 11.1. The van der Waals surface area contributed by atoms with Gasteiger partial charge in [0, 0.05) is 36.3 Å². The highest BCUT2D eigenvalue weighted by Crippen LogP contribution is 2.18. The Balaban J connectivity index is 1.59. The Bertz CT molecular complexity index is 679. The van der Waals surface area contributed by atoms with Crippen LogP contribution < -0.4 is 0 Å². The van der Waals surface area contributed by atoms with Gasteiger partial charge in [-0.2, -0.15) is 0 Å². The van der Waals surface area contributed by atoms with E-state index in [0.717, 1.165) is 41.9 Å². The number of carbonyl (C=O) groups is 1. The quantitative estimate of drug-likeness (QED) is 0.710. The van der Waals surface area contributed by atoms with E-state index >= 15 is 0 Å². The molecular weight excluding hydrogens is 399 g/mol. The fourth-order valence-corrected chi connectivity index (χ4v) is 3.82. The second-order valence-corrected chi connectivity index (χ2v) is 7.20. The summed E-state index contributed by atoms with van der Waals surface area (Å²) in [6, 6.07) is 16.6. The zero-order valence-electron chi connectivity index (χ0n) is 13.3. The van der Waals surface area contributed by atoms with Crippen molar-refractivity contribution in [1.29, 1.82) is 0 Å². The van der Waals surface area contributed by atoms with Crippen molar-refractivity contribution in [3.63, 3.8) is 0 Å². The van der Waals surface area contributed by atoms with Crippen molar-refractivity contribution >= 4 is 28.5 Å². The molecular formula is C19H21IN2O. The molecule has 1 aliphatic heterocycles. The molecule has 1 aliphatic rings. The van der Waals surface area contributed by atoms with Crippen molar-refractivity contribution in [2.45, 2.75) is 13.5 Å². The fourth-order valence-electron chi connectivity index (χ4n) is 2.91. The zero-order valence-corrected chi connectivity index (χ0v) is 15.5. The van der Waals surface area contributed by atoms with Crippen molar-refractivity contribution < 1.29 is 4.79 Å². The van der Waals surface area contributed by atoms with E-state index in [1.54, 1.807) is 0 Å². The second-order valence-electron chi connectivity index (χ2n) is 6.04.